The summed E-state index contributed by atoms with van der Waals surface area (Å²) in [6.07, 6.45) is 1.13. The number of urea groups is 2. The van der Waals surface area contributed by atoms with Crippen molar-refractivity contribution < 1.29 is 57.3 Å². The van der Waals surface area contributed by atoms with Crippen molar-refractivity contribution in [3.8, 4) is 22.3 Å². The highest BCUT2D eigenvalue weighted by atomic mass is 16.6. The van der Waals surface area contributed by atoms with Gasteiger partial charge in [0.05, 0.1) is 26.7 Å². The van der Waals surface area contributed by atoms with Gasteiger partial charge in [0.15, 0.2) is 12.3 Å². The SMILES string of the molecule is CC(C)(C)OC(=O)NCCCCC(NC(=O)OCC1c2ccccc2-c2ccccc21)C(=O)N1C(C)(C)CC(N2CN3C(=O)N4CN(C5CC(C)(C)N(C(=O)C(CCCCNC(=O)OC(C)(C)C)NC(=O)OCC6c7ccccc7-c7ccccc76)C(C)(C)C5)CN5C(=O)N(C2)C3C45)CC1(C)C. The Bertz CT molecular complexity index is 3460. The first-order valence-electron chi connectivity index (χ1n) is 36.6. The highest BCUT2D eigenvalue weighted by molar-refractivity contribution is 5.89. The number of rotatable bonds is 20. The van der Waals surface area contributed by atoms with Gasteiger partial charge in [0.2, 0.25) is 11.8 Å². The second kappa shape index (κ2) is 28.2. The maximum absolute atomic E-state index is 15.4. The fourth-order valence-corrected chi connectivity index (χ4v) is 18.2. The van der Waals surface area contributed by atoms with E-state index < -0.39 is 82.1 Å². The molecule has 12 rings (SSSR count). The van der Waals surface area contributed by atoms with Crippen molar-refractivity contribution in [2.75, 3.05) is 53.0 Å². The van der Waals surface area contributed by atoms with Gasteiger partial charge in [-0.05, 0) is 206 Å². The Morgan fingerprint density at radius 1 is 0.431 bits per heavy atom. The molecule has 4 aromatic carbocycles. The van der Waals surface area contributed by atoms with Crippen LogP contribution in [0.4, 0.5) is 28.8 Å². The predicted molar refractivity (Wildman–Crippen MR) is 385 cm³/mol. The van der Waals surface area contributed by atoms with Crippen molar-refractivity contribution in [3.05, 3.63) is 119 Å². The molecule has 550 valence electrons. The predicted octanol–water partition coefficient (Wildman–Crippen LogP) is 11.9. The minimum absolute atomic E-state index is 0.0751. The van der Waals surface area contributed by atoms with E-state index in [-0.39, 0.29) is 101 Å². The number of unbranched alkanes of at least 4 members (excludes halogenated alkanes) is 2. The molecule has 6 aliphatic heterocycles. The third-order valence-corrected chi connectivity index (χ3v) is 21.7. The van der Waals surface area contributed by atoms with Crippen LogP contribution < -0.4 is 21.3 Å². The first-order valence-corrected chi connectivity index (χ1v) is 36.6. The molecule has 24 heteroatoms. The summed E-state index contributed by atoms with van der Waals surface area (Å²) in [5.41, 5.74) is 4.25. The van der Waals surface area contributed by atoms with E-state index in [0.717, 1.165) is 44.5 Å². The lowest BCUT2D eigenvalue weighted by molar-refractivity contribution is -0.159. The summed E-state index contributed by atoms with van der Waals surface area (Å²) in [7, 11) is 0. The van der Waals surface area contributed by atoms with E-state index in [2.05, 4.69) is 79.6 Å². The molecule has 6 heterocycles. The van der Waals surface area contributed by atoms with Crippen LogP contribution in [0.2, 0.25) is 0 Å². The van der Waals surface area contributed by atoms with Crippen LogP contribution in [0.3, 0.4) is 0 Å². The van der Waals surface area contributed by atoms with Crippen molar-refractivity contribution in [1.82, 2.24) is 60.5 Å². The molecular formula is C78H106N12O12. The zero-order valence-electron chi connectivity index (χ0n) is 62.1. The summed E-state index contributed by atoms with van der Waals surface area (Å²) in [6, 6.07) is 29.9. The number of ether oxygens (including phenoxy) is 4. The zero-order chi connectivity index (χ0) is 73.2. The average Bonchev–Trinajstić information content (AvgIpc) is 1.52. The number of piperidine rings is 2. The van der Waals surface area contributed by atoms with Crippen molar-refractivity contribution >= 4 is 48.2 Å². The molecule has 6 saturated heterocycles. The molecule has 0 spiro atoms. The number of nitrogens with one attached hydrogen (secondary N) is 4. The quantitative estimate of drug-likeness (QED) is 0.0475. The van der Waals surface area contributed by atoms with Crippen LogP contribution in [0.5, 0.6) is 0 Å². The van der Waals surface area contributed by atoms with E-state index in [9.17, 15) is 19.2 Å². The molecule has 0 bridgehead atoms. The van der Waals surface area contributed by atoms with Crippen LogP contribution in [-0.2, 0) is 28.5 Å². The molecule has 102 heavy (non-hydrogen) atoms. The van der Waals surface area contributed by atoms with Gasteiger partial charge in [-0.3, -0.25) is 39.0 Å². The second-order valence-corrected chi connectivity index (χ2v) is 33.6. The summed E-state index contributed by atoms with van der Waals surface area (Å²) >= 11 is 0. The van der Waals surface area contributed by atoms with Gasteiger partial charge in [-0.25, -0.2) is 28.8 Å². The molecule has 0 aromatic heterocycles. The van der Waals surface area contributed by atoms with Gasteiger partial charge >= 0.3 is 36.4 Å². The van der Waals surface area contributed by atoms with Crippen LogP contribution in [0.25, 0.3) is 22.3 Å². The number of likely N-dealkylation sites (tertiary alicyclic amines) is 2. The molecule has 8 aliphatic rings. The molecule has 2 atom stereocenters. The Balaban J connectivity index is 0.697. The summed E-state index contributed by atoms with van der Waals surface area (Å²) in [4.78, 5) is 130. The van der Waals surface area contributed by atoms with Crippen molar-refractivity contribution in [2.24, 2.45) is 0 Å². The largest absolute Gasteiger partial charge is 0.449 e. The van der Waals surface area contributed by atoms with E-state index >= 15 is 19.2 Å². The van der Waals surface area contributed by atoms with Crippen LogP contribution in [0.1, 0.15) is 195 Å². The number of alkyl carbamates (subject to hydrolysis) is 4. The summed E-state index contributed by atoms with van der Waals surface area (Å²) in [6.45, 7) is 29.0. The Morgan fingerprint density at radius 2 is 0.716 bits per heavy atom. The van der Waals surface area contributed by atoms with Gasteiger partial charge in [0.1, 0.15) is 36.5 Å². The minimum Gasteiger partial charge on any atom is -0.449 e. The van der Waals surface area contributed by atoms with Crippen LogP contribution >= 0.6 is 0 Å². The van der Waals surface area contributed by atoms with E-state index in [0.29, 0.717) is 64.5 Å². The molecule has 2 unspecified atom stereocenters. The normalized spacial score (nSPS) is 20.8. The lowest BCUT2D eigenvalue weighted by Crippen LogP contribution is -2.71. The number of hydrogen-bond donors (Lipinski definition) is 4. The van der Waals surface area contributed by atoms with Gasteiger partial charge in [-0.15, -0.1) is 0 Å². The monoisotopic (exact) mass is 1400 g/mol. The standard InChI is InChI=1S/C78H106N12O12/c1-73(2,3)101-67(93)79-37-25-23-35-61(81-69(95)99-43-59-55-31-19-15-27-51(55)52-28-16-20-32-56(52)59)65(91)89-75(7,8)39-49(40-76(89,9)10)83-45-85-63-64-87(71(85)97)47-84(48-88(64)72(98)86(63)46-83)50-41-77(11,12)90(78(13,14)42-50)66(92)62(36-24-26-38-80-68(94)102-74(4,5)6)82-70(96)100-44-60-57-33-21-17-29-53(57)54-30-18-22-34-58(54)60/h15-22,27-34,49-50,59-64H,23-26,35-48H2,1-14H3,(H,79,93)(H,80,94)(H,81,95)(H,82,96). The summed E-state index contributed by atoms with van der Waals surface area (Å²) < 4.78 is 23.0. The summed E-state index contributed by atoms with van der Waals surface area (Å²) in [5, 5.41) is 11.6. The van der Waals surface area contributed by atoms with Gasteiger partial charge in [0.25, 0.3) is 0 Å². The van der Waals surface area contributed by atoms with Gasteiger partial charge in [-0.2, -0.15) is 0 Å². The van der Waals surface area contributed by atoms with Crippen molar-refractivity contribution in [1.29, 1.82) is 0 Å². The molecule has 2 aliphatic carbocycles. The van der Waals surface area contributed by atoms with Crippen LogP contribution in [0, 0.1) is 0 Å². The highest BCUT2D eigenvalue weighted by Crippen LogP contribution is 2.50. The molecule has 0 saturated carbocycles. The number of fused-ring (bicyclic) bond motifs is 6. The fraction of sp³-hybridized carbons (Fsp3) is 0.590. The summed E-state index contributed by atoms with van der Waals surface area (Å²) in [5.74, 6) is -0.872. The Morgan fingerprint density at radius 3 is 1.00 bits per heavy atom. The average molecular weight is 1400 g/mol. The van der Waals surface area contributed by atoms with Gasteiger partial charge < -0.3 is 50.0 Å². The number of carbonyl (C=O) groups excluding carboxylic acids is 8. The molecule has 6 fully saturated rings. The zero-order valence-corrected chi connectivity index (χ0v) is 62.1. The van der Waals surface area contributed by atoms with E-state index in [1.807, 2.05) is 133 Å². The first-order chi connectivity index (χ1) is 48.1. The first kappa shape index (κ1) is 73.1. The topological polar surface area (TPSA) is 248 Å². The van der Waals surface area contributed by atoms with Crippen molar-refractivity contribution in [3.63, 3.8) is 0 Å². The molecule has 10 amide bonds. The van der Waals surface area contributed by atoms with Crippen LogP contribution in [0.15, 0.2) is 97.1 Å². The fourth-order valence-electron chi connectivity index (χ4n) is 18.2. The van der Waals surface area contributed by atoms with Crippen LogP contribution in [-0.4, -0.2) is 210 Å². The smallest absolute Gasteiger partial charge is 0.407 e. The van der Waals surface area contributed by atoms with Gasteiger partial charge in [0, 0.05) is 59.2 Å². The third kappa shape index (κ3) is 15.0. The Kier molecular flexibility index (Phi) is 20.2. The maximum Gasteiger partial charge on any atom is 0.407 e. The van der Waals surface area contributed by atoms with Gasteiger partial charge in [-0.1, -0.05) is 97.1 Å². The third-order valence-electron chi connectivity index (χ3n) is 21.7. The van der Waals surface area contributed by atoms with E-state index in [1.54, 1.807) is 41.5 Å². The Hall–Kier alpha value is -8.64. The molecule has 24 nitrogen and oxygen atoms in total. The second-order valence-electron chi connectivity index (χ2n) is 33.6. The molecular weight excluding hydrogens is 1300 g/mol. The number of amides is 10. The van der Waals surface area contributed by atoms with E-state index in [1.165, 1.54) is 0 Å². The number of nitrogens with zero attached hydrogens (tertiary/aromatic N) is 8. The van der Waals surface area contributed by atoms with Crippen molar-refractivity contribution in [2.45, 2.75) is 243 Å². The van der Waals surface area contributed by atoms with E-state index in [4.69, 9.17) is 18.9 Å². The minimum atomic E-state index is -0.967. The molecule has 4 aromatic rings. The number of hydrogen-bond acceptors (Lipinski definition) is 14. The lowest BCUT2D eigenvalue weighted by atomic mass is 9.75. The Labute approximate surface area is 600 Å². The highest BCUT2D eigenvalue weighted by Gasteiger charge is 2.65. The maximum atomic E-state index is 15.4. The number of carbonyl (C=O) groups is 8. The lowest BCUT2D eigenvalue weighted by Gasteiger charge is -2.59. The number of benzene rings is 4. The molecule has 4 N–H and O–H groups in total. The molecule has 0 radical (unpaired) electrons.